The summed E-state index contributed by atoms with van der Waals surface area (Å²) in [5.74, 6) is 1.64. The number of nitrogens with zero attached hydrogens (tertiary/aromatic N) is 2. The van der Waals surface area contributed by atoms with Gasteiger partial charge in [0.1, 0.15) is 0 Å². The summed E-state index contributed by atoms with van der Waals surface area (Å²) in [4.78, 5) is 18.5. The van der Waals surface area contributed by atoms with Crippen molar-refractivity contribution in [2.75, 3.05) is 24.9 Å². The number of nitrogens with one attached hydrogen (secondary N) is 2. The van der Waals surface area contributed by atoms with E-state index in [-0.39, 0.29) is 5.91 Å². The molecule has 2 N–H and O–H groups in total. The smallest absolute Gasteiger partial charge is 0.255 e. The maximum absolute atomic E-state index is 13.8. The van der Waals surface area contributed by atoms with E-state index in [0.717, 1.165) is 33.5 Å². The Balaban J connectivity index is 1.71. The van der Waals surface area contributed by atoms with Gasteiger partial charge in [0.2, 0.25) is 5.95 Å². The van der Waals surface area contributed by atoms with E-state index in [2.05, 4.69) is 10.6 Å². The molecule has 7 heteroatoms. The van der Waals surface area contributed by atoms with Crippen molar-refractivity contribution in [1.29, 1.82) is 0 Å². The number of ether oxygens (including phenoxy) is 2. The predicted octanol–water partition coefficient (Wildman–Crippen LogP) is 5.29. The second kappa shape index (κ2) is 8.59. The number of fused-ring (bicyclic) bond motifs is 3. The van der Waals surface area contributed by atoms with E-state index in [1.165, 1.54) is 0 Å². The minimum Gasteiger partial charge on any atom is -0.493 e. The van der Waals surface area contributed by atoms with E-state index < -0.39 is 6.04 Å². The van der Waals surface area contributed by atoms with Crippen LogP contribution in [0.25, 0.3) is 11.0 Å². The fourth-order valence-electron chi connectivity index (χ4n) is 4.51. The Morgan fingerprint density at radius 1 is 0.971 bits per heavy atom. The lowest BCUT2D eigenvalue weighted by Gasteiger charge is -2.31. The third-order valence-electron chi connectivity index (χ3n) is 6.11. The number of carbonyl (C=O) groups excluding carboxylic acids is 1. The number of hydrogen-bond donors (Lipinski definition) is 2. The third kappa shape index (κ3) is 3.55. The van der Waals surface area contributed by atoms with Crippen LogP contribution in [0.15, 0.2) is 78.0 Å². The second-order valence-corrected chi connectivity index (χ2v) is 8.26. The van der Waals surface area contributed by atoms with Crippen LogP contribution in [0.2, 0.25) is 0 Å². The molecule has 1 aromatic heterocycles. The number of imidazole rings is 1. The first-order valence-corrected chi connectivity index (χ1v) is 11.1. The summed E-state index contributed by atoms with van der Waals surface area (Å²) in [6.45, 7) is 3.91. The van der Waals surface area contributed by atoms with Crippen LogP contribution in [-0.2, 0) is 4.79 Å². The van der Waals surface area contributed by atoms with Crippen LogP contribution in [0.5, 0.6) is 11.5 Å². The molecule has 0 aliphatic carbocycles. The molecule has 1 aliphatic heterocycles. The highest BCUT2D eigenvalue weighted by Crippen LogP contribution is 2.45. The van der Waals surface area contributed by atoms with Crippen LogP contribution in [0.1, 0.15) is 24.1 Å². The van der Waals surface area contributed by atoms with Crippen LogP contribution in [0.4, 0.5) is 11.6 Å². The second-order valence-electron chi connectivity index (χ2n) is 8.26. The molecule has 3 aromatic carbocycles. The highest BCUT2D eigenvalue weighted by molar-refractivity contribution is 6.06. The van der Waals surface area contributed by atoms with Crippen molar-refractivity contribution in [3.63, 3.8) is 0 Å². The molecule has 0 unspecified atom stereocenters. The first kappa shape index (κ1) is 21.6. The molecule has 1 aliphatic rings. The summed E-state index contributed by atoms with van der Waals surface area (Å²) in [5, 5.41) is 6.40. The van der Waals surface area contributed by atoms with Gasteiger partial charge in [-0.25, -0.2) is 4.98 Å². The van der Waals surface area contributed by atoms with Gasteiger partial charge in [-0.1, -0.05) is 42.0 Å². The Morgan fingerprint density at radius 2 is 1.74 bits per heavy atom. The molecule has 4 aromatic rings. The molecular weight excluding hydrogens is 428 g/mol. The monoisotopic (exact) mass is 454 g/mol. The average molecular weight is 455 g/mol. The molecule has 0 bridgehead atoms. The van der Waals surface area contributed by atoms with Gasteiger partial charge < -0.3 is 20.1 Å². The molecule has 7 nitrogen and oxygen atoms in total. The molecule has 0 saturated carbocycles. The summed E-state index contributed by atoms with van der Waals surface area (Å²) in [6, 6.07) is 20.9. The Labute approximate surface area is 198 Å². The van der Waals surface area contributed by atoms with Gasteiger partial charge >= 0.3 is 0 Å². The van der Waals surface area contributed by atoms with Gasteiger partial charge in [-0.05, 0) is 44.2 Å². The van der Waals surface area contributed by atoms with Gasteiger partial charge in [-0.3, -0.25) is 9.36 Å². The maximum Gasteiger partial charge on any atom is 0.255 e. The van der Waals surface area contributed by atoms with Crippen LogP contribution in [0, 0.1) is 6.92 Å². The van der Waals surface area contributed by atoms with Crippen molar-refractivity contribution in [3.05, 3.63) is 89.1 Å². The third-order valence-corrected chi connectivity index (χ3v) is 6.11. The van der Waals surface area contributed by atoms with Crippen LogP contribution in [-0.4, -0.2) is 29.7 Å². The van der Waals surface area contributed by atoms with Gasteiger partial charge in [0.15, 0.2) is 11.5 Å². The molecule has 1 amide bonds. The number of aromatic nitrogens is 2. The largest absolute Gasteiger partial charge is 0.493 e. The van der Waals surface area contributed by atoms with Crippen molar-refractivity contribution in [2.45, 2.75) is 19.9 Å². The number of benzene rings is 3. The van der Waals surface area contributed by atoms with Gasteiger partial charge in [0, 0.05) is 16.9 Å². The normalized spacial score (nSPS) is 15.0. The van der Waals surface area contributed by atoms with E-state index >= 15 is 0 Å². The van der Waals surface area contributed by atoms with E-state index in [1.54, 1.807) is 14.2 Å². The van der Waals surface area contributed by atoms with Gasteiger partial charge in [-0.2, -0.15) is 0 Å². The van der Waals surface area contributed by atoms with E-state index in [4.69, 9.17) is 14.5 Å². The van der Waals surface area contributed by atoms with Gasteiger partial charge in [0.25, 0.3) is 5.91 Å². The summed E-state index contributed by atoms with van der Waals surface area (Å²) in [5.41, 5.74) is 5.71. The fourth-order valence-corrected chi connectivity index (χ4v) is 4.51. The highest BCUT2D eigenvalue weighted by Gasteiger charge is 2.36. The lowest BCUT2D eigenvalue weighted by molar-refractivity contribution is -0.113. The number of carbonyl (C=O) groups is 1. The molecule has 0 saturated heterocycles. The van der Waals surface area contributed by atoms with Crippen molar-refractivity contribution >= 4 is 28.6 Å². The Kier molecular flexibility index (Phi) is 5.45. The highest BCUT2D eigenvalue weighted by atomic mass is 16.5. The summed E-state index contributed by atoms with van der Waals surface area (Å²) in [6.07, 6.45) is 0. The quantitative estimate of drug-likeness (QED) is 0.429. The number of allylic oxidation sites excluding steroid dienone is 1. The zero-order valence-corrected chi connectivity index (χ0v) is 19.5. The average Bonchev–Trinajstić information content (AvgIpc) is 3.21. The molecule has 0 radical (unpaired) electrons. The lowest BCUT2D eigenvalue weighted by Crippen LogP contribution is -2.31. The number of rotatable bonds is 5. The van der Waals surface area contributed by atoms with Crippen molar-refractivity contribution in [2.24, 2.45) is 0 Å². The number of para-hydroxylation sites is 3. The zero-order valence-electron chi connectivity index (χ0n) is 19.5. The molecule has 2 heterocycles. The number of aryl methyl sites for hydroxylation is 1. The Bertz CT molecular complexity index is 1420. The first-order valence-electron chi connectivity index (χ1n) is 11.1. The molecule has 34 heavy (non-hydrogen) atoms. The van der Waals surface area contributed by atoms with Crippen LogP contribution < -0.4 is 20.1 Å². The predicted molar refractivity (Wildman–Crippen MR) is 134 cm³/mol. The van der Waals surface area contributed by atoms with Crippen molar-refractivity contribution in [3.8, 4) is 11.5 Å². The van der Waals surface area contributed by atoms with Gasteiger partial charge in [-0.15, -0.1) is 0 Å². The molecular formula is C27H26N4O3. The summed E-state index contributed by atoms with van der Waals surface area (Å²) in [7, 11) is 3.21. The number of amides is 1. The van der Waals surface area contributed by atoms with E-state index in [1.807, 2.05) is 85.1 Å². The number of methoxy groups -OCH3 is 2. The van der Waals surface area contributed by atoms with E-state index in [9.17, 15) is 4.79 Å². The molecule has 172 valence electrons. The van der Waals surface area contributed by atoms with Crippen LogP contribution >= 0.6 is 0 Å². The Morgan fingerprint density at radius 3 is 2.47 bits per heavy atom. The summed E-state index contributed by atoms with van der Waals surface area (Å²) >= 11 is 0. The molecule has 1 atom stereocenters. The summed E-state index contributed by atoms with van der Waals surface area (Å²) < 4.78 is 13.4. The first-order chi connectivity index (χ1) is 16.5. The standard InChI is InChI=1S/C27H26N4O3/c1-16-12-14-18(15-13-16)29-26(32)23-17(2)28-27-30-20-9-5-6-10-21(20)31(27)24(23)19-8-7-11-22(33-3)25(19)34-4/h5-15,24H,1-4H3,(H,28,30)(H,29,32)/t24-/m0/s1. The van der Waals surface area contributed by atoms with Crippen molar-refractivity contribution in [1.82, 2.24) is 9.55 Å². The molecule has 0 fully saturated rings. The van der Waals surface area contributed by atoms with Crippen molar-refractivity contribution < 1.29 is 14.3 Å². The topological polar surface area (TPSA) is 77.4 Å². The van der Waals surface area contributed by atoms with Gasteiger partial charge in [0.05, 0.1) is 36.9 Å². The van der Waals surface area contributed by atoms with E-state index in [0.29, 0.717) is 23.0 Å². The maximum atomic E-state index is 13.8. The molecule has 5 rings (SSSR count). The number of anilines is 2. The fraction of sp³-hybridized carbons (Fsp3) is 0.185. The van der Waals surface area contributed by atoms with Crippen LogP contribution in [0.3, 0.4) is 0 Å². The zero-order chi connectivity index (χ0) is 23.8. The Hall–Kier alpha value is -4.26. The lowest BCUT2D eigenvalue weighted by atomic mass is 9.93. The SMILES string of the molecule is COc1cccc([C@H]2C(C(=O)Nc3ccc(C)cc3)=C(C)Nc3nc4ccccc4n32)c1OC. The number of hydrogen-bond acceptors (Lipinski definition) is 5. The minimum atomic E-state index is -0.487. The minimum absolute atomic E-state index is 0.202. The molecule has 0 spiro atoms.